The van der Waals surface area contributed by atoms with Crippen LogP contribution in [0.15, 0.2) is 56.1 Å². The number of benzene rings is 2. The minimum absolute atomic E-state index is 0.0488. The lowest BCUT2D eigenvalue weighted by molar-refractivity contribution is 0.554. The third kappa shape index (κ3) is 2.42. The first-order chi connectivity index (χ1) is 9.67. The van der Waals surface area contributed by atoms with E-state index in [0.717, 1.165) is 15.6 Å². The lowest BCUT2D eigenvalue weighted by atomic mass is 9.99. The van der Waals surface area contributed by atoms with E-state index in [-0.39, 0.29) is 6.04 Å². The highest BCUT2D eigenvalue weighted by molar-refractivity contribution is 9.10. The number of nitrogens with one attached hydrogen (secondary N) is 2. The molecule has 0 spiro atoms. The number of hydrogen-bond donors (Lipinski definition) is 2. The lowest BCUT2D eigenvalue weighted by Gasteiger charge is -2.17. The molecule has 0 radical (unpaired) electrons. The maximum Gasteiger partial charge on any atom is 0.417 e. The van der Waals surface area contributed by atoms with Gasteiger partial charge in [0.2, 0.25) is 0 Å². The molecule has 4 nitrogen and oxygen atoms in total. The normalized spacial score (nSPS) is 12.7. The van der Waals surface area contributed by atoms with Crippen molar-refractivity contribution in [2.45, 2.75) is 6.04 Å². The van der Waals surface area contributed by atoms with Crippen molar-refractivity contribution in [1.29, 1.82) is 0 Å². The molecule has 0 aliphatic rings. The van der Waals surface area contributed by atoms with Crippen LogP contribution in [0.3, 0.4) is 0 Å². The van der Waals surface area contributed by atoms with Crippen molar-refractivity contribution in [2.24, 2.45) is 0 Å². The fourth-order valence-electron chi connectivity index (χ4n) is 2.32. The van der Waals surface area contributed by atoms with Gasteiger partial charge in [-0.3, -0.25) is 4.98 Å². The van der Waals surface area contributed by atoms with Crippen LogP contribution >= 0.6 is 15.9 Å². The number of aromatic amines is 1. The molecule has 1 unspecified atom stereocenters. The van der Waals surface area contributed by atoms with Crippen LogP contribution in [-0.4, -0.2) is 12.0 Å². The van der Waals surface area contributed by atoms with E-state index in [1.165, 1.54) is 0 Å². The van der Waals surface area contributed by atoms with Crippen molar-refractivity contribution in [3.05, 3.63) is 68.6 Å². The summed E-state index contributed by atoms with van der Waals surface area (Å²) < 4.78 is 6.16. The molecule has 2 N–H and O–H groups in total. The van der Waals surface area contributed by atoms with E-state index < -0.39 is 5.76 Å². The lowest BCUT2D eigenvalue weighted by Crippen LogP contribution is -2.17. The monoisotopic (exact) mass is 332 g/mol. The fourth-order valence-corrected chi connectivity index (χ4v) is 2.59. The smallest absolute Gasteiger partial charge is 0.408 e. The second kappa shape index (κ2) is 5.26. The molecule has 20 heavy (non-hydrogen) atoms. The summed E-state index contributed by atoms with van der Waals surface area (Å²) in [6.07, 6.45) is 0. The predicted molar refractivity (Wildman–Crippen MR) is 81.9 cm³/mol. The Balaban J connectivity index is 2.06. The number of rotatable bonds is 3. The van der Waals surface area contributed by atoms with Crippen LogP contribution in [0.4, 0.5) is 0 Å². The highest BCUT2D eigenvalue weighted by atomic mass is 79.9. The maximum absolute atomic E-state index is 11.2. The molecule has 0 amide bonds. The van der Waals surface area contributed by atoms with Crippen LogP contribution < -0.4 is 11.1 Å². The van der Waals surface area contributed by atoms with Crippen LogP contribution in [0.1, 0.15) is 17.2 Å². The molecule has 1 aromatic heterocycles. The minimum Gasteiger partial charge on any atom is -0.408 e. The first-order valence-corrected chi connectivity index (χ1v) is 7.02. The summed E-state index contributed by atoms with van der Waals surface area (Å²) in [6.45, 7) is 0. The van der Waals surface area contributed by atoms with Crippen LogP contribution in [0.25, 0.3) is 11.1 Å². The van der Waals surface area contributed by atoms with Gasteiger partial charge in [-0.1, -0.05) is 34.1 Å². The summed E-state index contributed by atoms with van der Waals surface area (Å²) in [5.74, 6) is -0.429. The van der Waals surface area contributed by atoms with E-state index >= 15 is 0 Å². The molecule has 0 saturated heterocycles. The molecule has 0 bridgehead atoms. The van der Waals surface area contributed by atoms with Crippen molar-refractivity contribution in [3.8, 4) is 0 Å². The Morgan fingerprint density at radius 3 is 2.55 bits per heavy atom. The van der Waals surface area contributed by atoms with Gasteiger partial charge < -0.3 is 9.73 Å². The van der Waals surface area contributed by atoms with Gasteiger partial charge >= 0.3 is 5.76 Å². The summed E-state index contributed by atoms with van der Waals surface area (Å²) >= 11 is 3.43. The number of H-pyrrole nitrogens is 1. The average molecular weight is 333 g/mol. The molecular formula is C15H13BrN2O2. The molecule has 0 saturated carbocycles. The fraction of sp³-hybridized carbons (Fsp3) is 0.133. The molecule has 1 heterocycles. The summed E-state index contributed by atoms with van der Waals surface area (Å²) in [6, 6.07) is 13.9. The van der Waals surface area contributed by atoms with Gasteiger partial charge in [0, 0.05) is 4.47 Å². The minimum atomic E-state index is -0.429. The summed E-state index contributed by atoms with van der Waals surface area (Å²) in [5.41, 5.74) is 3.48. The number of fused-ring (bicyclic) bond motifs is 1. The highest BCUT2D eigenvalue weighted by Gasteiger charge is 2.13. The Hall–Kier alpha value is -1.85. The van der Waals surface area contributed by atoms with E-state index in [9.17, 15) is 4.79 Å². The van der Waals surface area contributed by atoms with Gasteiger partial charge in [-0.05, 0) is 42.4 Å². The largest absolute Gasteiger partial charge is 0.417 e. The van der Waals surface area contributed by atoms with Crippen molar-refractivity contribution < 1.29 is 4.42 Å². The molecule has 3 rings (SSSR count). The molecule has 3 aromatic rings. The van der Waals surface area contributed by atoms with Crippen LogP contribution in [0.2, 0.25) is 0 Å². The zero-order valence-corrected chi connectivity index (χ0v) is 12.4. The zero-order chi connectivity index (χ0) is 14.1. The highest BCUT2D eigenvalue weighted by Crippen LogP contribution is 2.25. The van der Waals surface area contributed by atoms with Gasteiger partial charge in [-0.15, -0.1) is 0 Å². The quantitative estimate of drug-likeness (QED) is 0.774. The van der Waals surface area contributed by atoms with Gasteiger partial charge in [0.25, 0.3) is 0 Å². The Morgan fingerprint density at radius 2 is 1.85 bits per heavy atom. The molecule has 1 atom stereocenters. The van der Waals surface area contributed by atoms with E-state index in [2.05, 4.69) is 38.4 Å². The van der Waals surface area contributed by atoms with Crippen molar-refractivity contribution in [3.63, 3.8) is 0 Å². The topological polar surface area (TPSA) is 58.0 Å². The Bertz CT molecular complexity index is 789. The van der Waals surface area contributed by atoms with Gasteiger partial charge in [-0.25, -0.2) is 4.79 Å². The van der Waals surface area contributed by atoms with Crippen LogP contribution in [0, 0.1) is 0 Å². The second-order valence-electron chi connectivity index (χ2n) is 4.54. The summed E-state index contributed by atoms with van der Waals surface area (Å²) in [4.78, 5) is 13.8. The predicted octanol–water partition coefficient (Wildman–Crippen LogP) is 3.19. The van der Waals surface area contributed by atoms with Crippen LogP contribution in [-0.2, 0) is 0 Å². The Kier molecular flexibility index (Phi) is 3.46. The van der Waals surface area contributed by atoms with E-state index in [0.29, 0.717) is 11.1 Å². The molecule has 0 aliphatic carbocycles. The zero-order valence-electron chi connectivity index (χ0n) is 10.8. The number of aromatic nitrogens is 1. The molecule has 2 aromatic carbocycles. The Morgan fingerprint density at radius 1 is 1.15 bits per heavy atom. The van der Waals surface area contributed by atoms with E-state index in [1.54, 1.807) is 0 Å². The van der Waals surface area contributed by atoms with Crippen molar-refractivity contribution >= 4 is 27.0 Å². The van der Waals surface area contributed by atoms with Crippen molar-refractivity contribution in [1.82, 2.24) is 10.3 Å². The standard InChI is InChI=1S/C15H13BrN2O2/c1-17-14(9-2-5-11(16)6-3-9)10-4-7-12-13(8-10)20-15(19)18-12/h2-8,14,17H,1H3,(H,18,19). The van der Waals surface area contributed by atoms with Gasteiger partial charge in [0.15, 0.2) is 5.58 Å². The number of oxazole rings is 1. The molecule has 102 valence electrons. The van der Waals surface area contributed by atoms with Gasteiger partial charge in [0.1, 0.15) is 0 Å². The van der Waals surface area contributed by atoms with Crippen LogP contribution in [0.5, 0.6) is 0 Å². The number of halogens is 1. The first-order valence-electron chi connectivity index (χ1n) is 6.23. The number of hydrogen-bond acceptors (Lipinski definition) is 3. The molecule has 5 heteroatoms. The Labute approximate surface area is 123 Å². The second-order valence-corrected chi connectivity index (χ2v) is 5.46. The summed E-state index contributed by atoms with van der Waals surface area (Å²) in [5, 5.41) is 3.28. The average Bonchev–Trinajstić information content (AvgIpc) is 2.81. The van der Waals surface area contributed by atoms with E-state index in [4.69, 9.17) is 4.42 Å². The third-order valence-electron chi connectivity index (χ3n) is 3.27. The molecular weight excluding hydrogens is 320 g/mol. The van der Waals surface area contributed by atoms with Crippen molar-refractivity contribution in [2.75, 3.05) is 7.05 Å². The summed E-state index contributed by atoms with van der Waals surface area (Å²) in [7, 11) is 1.91. The van der Waals surface area contributed by atoms with E-state index in [1.807, 2.05) is 37.4 Å². The van der Waals surface area contributed by atoms with Gasteiger partial charge in [-0.2, -0.15) is 0 Å². The molecule has 0 fully saturated rings. The SMILES string of the molecule is CNC(c1ccc(Br)cc1)c1ccc2[nH]c(=O)oc2c1. The maximum atomic E-state index is 11.2. The van der Waals surface area contributed by atoms with Gasteiger partial charge in [0.05, 0.1) is 11.6 Å². The third-order valence-corrected chi connectivity index (χ3v) is 3.80. The molecule has 0 aliphatic heterocycles. The first kappa shape index (κ1) is 13.1.